The van der Waals surface area contributed by atoms with Gasteiger partial charge in [0.25, 0.3) is 0 Å². The molecule has 2 aromatic carbocycles. The summed E-state index contributed by atoms with van der Waals surface area (Å²) in [6.07, 6.45) is 1.91. The Bertz CT molecular complexity index is 1180. The molecule has 0 bridgehead atoms. The molecule has 0 amide bonds. The van der Waals surface area contributed by atoms with Crippen molar-refractivity contribution in [3.63, 3.8) is 0 Å². The van der Waals surface area contributed by atoms with Crippen molar-refractivity contribution in [2.24, 2.45) is 0 Å². The van der Waals surface area contributed by atoms with Crippen LogP contribution in [0.1, 0.15) is 22.5 Å². The first kappa shape index (κ1) is 21.1. The first-order valence-electron chi connectivity index (χ1n) is 9.92. The third-order valence-electron chi connectivity index (χ3n) is 4.94. The van der Waals surface area contributed by atoms with Gasteiger partial charge in [0, 0.05) is 17.3 Å². The smallest absolute Gasteiger partial charge is 0.176 e. The SMILES string of the molecule is Cc1nn(Cc2ccccc2)c(C)c1NC(=S)Nc1ccn(Cc2ccc(Cl)cc2)n1. The molecule has 0 saturated carbocycles. The molecule has 8 heteroatoms. The van der Waals surface area contributed by atoms with Crippen LogP contribution < -0.4 is 10.6 Å². The molecule has 4 rings (SSSR count). The number of thiocarbonyl (C=S) groups is 1. The van der Waals surface area contributed by atoms with Crippen molar-refractivity contribution < 1.29 is 0 Å². The molecule has 0 fully saturated rings. The number of aryl methyl sites for hydroxylation is 1. The van der Waals surface area contributed by atoms with Gasteiger partial charge in [0.15, 0.2) is 10.9 Å². The molecule has 4 aromatic rings. The predicted octanol–water partition coefficient (Wildman–Crippen LogP) is 5.26. The highest BCUT2D eigenvalue weighted by molar-refractivity contribution is 7.80. The second kappa shape index (κ2) is 9.32. The van der Waals surface area contributed by atoms with E-state index in [0.717, 1.165) is 27.7 Å². The van der Waals surface area contributed by atoms with Gasteiger partial charge >= 0.3 is 0 Å². The highest BCUT2D eigenvalue weighted by Crippen LogP contribution is 2.21. The fourth-order valence-electron chi connectivity index (χ4n) is 3.34. The molecule has 0 spiro atoms. The standard InChI is InChI=1S/C23H23ClN6S/c1-16-22(17(2)30(27-16)15-18-6-4-3-5-7-18)26-23(31)25-21-12-13-29(28-21)14-19-8-10-20(24)11-9-19/h3-13H,14-15H2,1-2H3,(H2,25,26,28,31). The number of benzene rings is 2. The minimum Gasteiger partial charge on any atom is -0.329 e. The quantitative estimate of drug-likeness (QED) is 0.392. The molecule has 2 heterocycles. The van der Waals surface area contributed by atoms with Crippen molar-refractivity contribution in [3.05, 3.63) is 94.4 Å². The Morgan fingerprint density at radius 1 is 0.903 bits per heavy atom. The van der Waals surface area contributed by atoms with Crippen LogP contribution in [0.5, 0.6) is 0 Å². The topological polar surface area (TPSA) is 59.7 Å². The first-order valence-corrected chi connectivity index (χ1v) is 10.7. The van der Waals surface area contributed by atoms with Crippen LogP contribution in [0.4, 0.5) is 11.5 Å². The number of aromatic nitrogens is 4. The number of nitrogens with zero attached hydrogens (tertiary/aromatic N) is 4. The molecule has 2 N–H and O–H groups in total. The lowest BCUT2D eigenvalue weighted by Gasteiger charge is -2.10. The summed E-state index contributed by atoms with van der Waals surface area (Å²) in [6.45, 7) is 5.38. The minimum atomic E-state index is 0.474. The van der Waals surface area contributed by atoms with E-state index in [4.69, 9.17) is 23.8 Å². The Morgan fingerprint density at radius 3 is 2.35 bits per heavy atom. The molecule has 0 unspecified atom stereocenters. The van der Waals surface area contributed by atoms with Gasteiger partial charge in [-0.1, -0.05) is 54.1 Å². The van der Waals surface area contributed by atoms with Crippen LogP contribution in [-0.2, 0) is 13.1 Å². The molecule has 2 aromatic heterocycles. The Morgan fingerprint density at radius 2 is 1.61 bits per heavy atom. The molecule has 0 aliphatic rings. The van der Waals surface area contributed by atoms with E-state index in [1.54, 1.807) is 0 Å². The van der Waals surface area contributed by atoms with Crippen LogP contribution in [0.25, 0.3) is 0 Å². The maximum Gasteiger partial charge on any atom is 0.176 e. The van der Waals surface area contributed by atoms with Gasteiger partial charge < -0.3 is 10.6 Å². The number of halogens is 1. The normalized spacial score (nSPS) is 10.8. The molecule has 0 atom stereocenters. The fourth-order valence-corrected chi connectivity index (χ4v) is 3.68. The summed E-state index contributed by atoms with van der Waals surface area (Å²) < 4.78 is 3.83. The molecule has 0 saturated heterocycles. The van der Waals surface area contributed by atoms with Crippen LogP contribution >= 0.6 is 23.8 Å². The third kappa shape index (κ3) is 5.31. The van der Waals surface area contributed by atoms with Gasteiger partial charge in [-0.2, -0.15) is 10.2 Å². The van der Waals surface area contributed by atoms with Gasteiger partial charge in [0.2, 0.25) is 0 Å². The highest BCUT2D eigenvalue weighted by atomic mass is 35.5. The molecule has 0 aliphatic heterocycles. The second-order valence-corrected chi connectivity index (χ2v) is 8.14. The first-order chi connectivity index (χ1) is 15.0. The van der Waals surface area contributed by atoms with E-state index >= 15 is 0 Å². The second-order valence-electron chi connectivity index (χ2n) is 7.29. The van der Waals surface area contributed by atoms with E-state index in [9.17, 15) is 0 Å². The summed E-state index contributed by atoms with van der Waals surface area (Å²) in [4.78, 5) is 0. The molecular weight excluding hydrogens is 428 g/mol. The largest absolute Gasteiger partial charge is 0.329 e. The maximum atomic E-state index is 5.95. The van der Waals surface area contributed by atoms with Crippen molar-refractivity contribution in [1.82, 2.24) is 19.6 Å². The fraction of sp³-hybridized carbons (Fsp3) is 0.174. The number of hydrogen-bond acceptors (Lipinski definition) is 3. The van der Waals surface area contributed by atoms with E-state index in [2.05, 4.69) is 33.0 Å². The van der Waals surface area contributed by atoms with Crippen molar-refractivity contribution in [3.8, 4) is 0 Å². The number of nitrogens with one attached hydrogen (secondary N) is 2. The van der Waals surface area contributed by atoms with Gasteiger partial charge in [-0.15, -0.1) is 0 Å². The molecule has 6 nitrogen and oxygen atoms in total. The third-order valence-corrected chi connectivity index (χ3v) is 5.39. The van der Waals surface area contributed by atoms with Gasteiger partial charge in [-0.25, -0.2) is 0 Å². The summed E-state index contributed by atoms with van der Waals surface area (Å²) in [5.41, 5.74) is 5.15. The van der Waals surface area contributed by atoms with Crippen molar-refractivity contribution in [2.45, 2.75) is 26.9 Å². The Hall–Kier alpha value is -3.16. The van der Waals surface area contributed by atoms with E-state index in [0.29, 0.717) is 24.0 Å². The molecule has 158 valence electrons. The predicted molar refractivity (Wildman–Crippen MR) is 130 cm³/mol. The number of hydrogen-bond donors (Lipinski definition) is 2. The van der Waals surface area contributed by atoms with Crippen LogP contribution in [0.3, 0.4) is 0 Å². The lowest BCUT2D eigenvalue weighted by molar-refractivity contribution is 0.659. The number of rotatable bonds is 6. The summed E-state index contributed by atoms with van der Waals surface area (Å²) >= 11 is 11.5. The van der Waals surface area contributed by atoms with Gasteiger partial charge in [-0.05, 0) is 49.3 Å². The lowest BCUT2D eigenvalue weighted by atomic mass is 10.2. The summed E-state index contributed by atoms with van der Waals surface area (Å²) in [7, 11) is 0. The van der Waals surface area contributed by atoms with Gasteiger partial charge in [-0.3, -0.25) is 9.36 Å². The monoisotopic (exact) mass is 450 g/mol. The van der Waals surface area contributed by atoms with Crippen molar-refractivity contribution in [1.29, 1.82) is 0 Å². The molecular formula is C23H23ClN6S. The summed E-state index contributed by atoms with van der Waals surface area (Å²) in [5.74, 6) is 0.679. The van der Waals surface area contributed by atoms with Crippen LogP contribution in [0.15, 0.2) is 66.9 Å². The lowest BCUT2D eigenvalue weighted by Crippen LogP contribution is -2.20. The Labute approximate surface area is 191 Å². The molecule has 0 aliphatic carbocycles. The van der Waals surface area contributed by atoms with Gasteiger partial charge in [0.1, 0.15) is 0 Å². The Kier molecular flexibility index (Phi) is 6.34. The number of anilines is 2. The average Bonchev–Trinajstić information content (AvgIpc) is 3.29. The summed E-state index contributed by atoms with van der Waals surface area (Å²) in [5, 5.41) is 16.8. The highest BCUT2D eigenvalue weighted by Gasteiger charge is 2.13. The van der Waals surface area contributed by atoms with E-state index < -0.39 is 0 Å². The van der Waals surface area contributed by atoms with E-state index in [-0.39, 0.29) is 0 Å². The summed E-state index contributed by atoms with van der Waals surface area (Å²) in [6, 6.07) is 19.9. The van der Waals surface area contributed by atoms with E-state index in [1.807, 2.05) is 77.9 Å². The Balaban J connectivity index is 1.39. The molecule has 0 radical (unpaired) electrons. The molecule has 31 heavy (non-hydrogen) atoms. The minimum absolute atomic E-state index is 0.474. The van der Waals surface area contributed by atoms with Crippen molar-refractivity contribution in [2.75, 3.05) is 10.6 Å². The average molecular weight is 451 g/mol. The van der Waals surface area contributed by atoms with Crippen LogP contribution in [-0.4, -0.2) is 24.7 Å². The van der Waals surface area contributed by atoms with E-state index in [1.165, 1.54) is 5.56 Å². The zero-order valence-corrected chi connectivity index (χ0v) is 18.9. The zero-order chi connectivity index (χ0) is 21.8. The van der Waals surface area contributed by atoms with Crippen LogP contribution in [0, 0.1) is 13.8 Å². The van der Waals surface area contributed by atoms with Crippen molar-refractivity contribution >= 4 is 40.4 Å². The zero-order valence-electron chi connectivity index (χ0n) is 17.3. The van der Waals surface area contributed by atoms with Crippen LogP contribution in [0.2, 0.25) is 5.02 Å². The maximum absolute atomic E-state index is 5.95. The van der Waals surface area contributed by atoms with Gasteiger partial charge in [0.05, 0.1) is 30.2 Å².